The maximum absolute atomic E-state index is 12.6. The van der Waals surface area contributed by atoms with Crippen LogP contribution >= 0.6 is 0 Å². The normalized spacial score (nSPS) is 11.2. The molecule has 15 heavy (non-hydrogen) atoms. The van der Waals surface area contributed by atoms with Gasteiger partial charge in [0.25, 0.3) is 5.91 Å². The number of carbonyl (C=O) groups excluding carboxylic acids is 1. The van der Waals surface area contributed by atoms with Crippen LogP contribution in [-0.2, 0) is 6.67 Å². The Morgan fingerprint density at radius 3 is 2.47 bits per heavy atom. The first-order valence-electron chi connectivity index (χ1n) is 4.90. The molecule has 82 valence electrons. The highest BCUT2D eigenvalue weighted by molar-refractivity contribution is 5.96. The molecule has 0 atom stereocenters. The van der Waals surface area contributed by atoms with E-state index in [1.165, 1.54) is 0 Å². The molecule has 0 aliphatic heterocycles. The van der Waals surface area contributed by atoms with Gasteiger partial charge in [-0.1, -0.05) is 18.2 Å². The Hall–Kier alpha value is -1.38. The van der Waals surface area contributed by atoms with E-state index in [0.717, 1.165) is 0 Å². The summed E-state index contributed by atoms with van der Waals surface area (Å²) in [5.41, 5.74) is 0.537. The predicted octanol–water partition coefficient (Wildman–Crippen LogP) is 2.68. The average molecular weight is 209 g/mol. The fourth-order valence-electron chi connectivity index (χ4n) is 1.27. The van der Waals surface area contributed by atoms with Crippen LogP contribution in [0.1, 0.15) is 36.7 Å². The van der Waals surface area contributed by atoms with Gasteiger partial charge in [-0.2, -0.15) is 0 Å². The van der Waals surface area contributed by atoms with Crippen LogP contribution in [0.2, 0.25) is 0 Å². The van der Waals surface area contributed by atoms with E-state index in [0.29, 0.717) is 11.1 Å². The first-order chi connectivity index (χ1) is 6.94. The Labute approximate surface area is 89.5 Å². The lowest BCUT2D eigenvalue weighted by Crippen LogP contribution is -2.40. The lowest BCUT2D eigenvalue weighted by Gasteiger charge is -2.21. The topological polar surface area (TPSA) is 29.1 Å². The number of benzene rings is 1. The summed E-state index contributed by atoms with van der Waals surface area (Å²) >= 11 is 0. The van der Waals surface area contributed by atoms with Gasteiger partial charge >= 0.3 is 0 Å². The number of halogens is 1. The number of hydrogen-bond donors (Lipinski definition) is 1. The molecule has 0 unspecified atom stereocenters. The highest BCUT2D eigenvalue weighted by atomic mass is 19.1. The lowest BCUT2D eigenvalue weighted by atomic mass is 10.0. The van der Waals surface area contributed by atoms with E-state index in [9.17, 15) is 9.18 Å². The fraction of sp³-hybridized carbons (Fsp3) is 0.417. The Morgan fingerprint density at radius 1 is 1.33 bits per heavy atom. The summed E-state index contributed by atoms with van der Waals surface area (Å²) in [6.07, 6.45) is 0. The zero-order valence-electron chi connectivity index (χ0n) is 9.30. The van der Waals surface area contributed by atoms with E-state index in [2.05, 4.69) is 5.32 Å². The minimum absolute atomic E-state index is 0.226. The second kappa shape index (κ2) is 4.43. The molecular weight excluding hydrogens is 193 g/mol. The summed E-state index contributed by atoms with van der Waals surface area (Å²) in [4.78, 5) is 11.8. The van der Waals surface area contributed by atoms with Crippen molar-refractivity contribution in [3.05, 3.63) is 35.4 Å². The van der Waals surface area contributed by atoms with Crippen molar-refractivity contribution < 1.29 is 9.18 Å². The monoisotopic (exact) mass is 209 g/mol. The van der Waals surface area contributed by atoms with E-state index in [-0.39, 0.29) is 11.4 Å². The summed E-state index contributed by atoms with van der Waals surface area (Å²) in [6.45, 7) is 5.06. The van der Waals surface area contributed by atoms with Crippen molar-refractivity contribution in [2.24, 2.45) is 0 Å². The van der Waals surface area contributed by atoms with Gasteiger partial charge in [0, 0.05) is 11.1 Å². The number of alkyl halides is 1. The van der Waals surface area contributed by atoms with Crippen molar-refractivity contribution >= 4 is 5.91 Å². The van der Waals surface area contributed by atoms with Gasteiger partial charge < -0.3 is 5.32 Å². The minimum Gasteiger partial charge on any atom is -0.347 e. The van der Waals surface area contributed by atoms with E-state index in [4.69, 9.17) is 0 Å². The largest absolute Gasteiger partial charge is 0.347 e. The maximum atomic E-state index is 12.6. The Morgan fingerprint density at radius 2 is 1.93 bits per heavy atom. The van der Waals surface area contributed by atoms with Crippen LogP contribution in [0.15, 0.2) is 24.3 Å². The Balaban J connectivity index is 2.91. The van der Waals surface area contributed by atoms with Crippen LogP contribution in [0.25, 0.3) is 0 Å². The lowest BCUT2D eigenvalue weighted by molar-refractivity contribution is 0.0918. The molecule has 2 nitrogen and oxygen atoms in total. The molecule has 0 bridgehead atoms. The molecule has 0 saturated heterocycles. The molecule has 0 saturated carbocycles. The zero-order valence-corrected chi connectivity index (χ0v) is 9.30. The van der Waals surface area contributed by atoms with Gasteiger partial charge in [-0.15, -0.1) is 0 Å². The van der Waals surface area contributed by atoms with Gasteiger partial charge in [0.15, 0.2) is 0 Å². The number of hydrogen-bond acceptors (Lipinski definition) is 1. The van der Waals surface area contributed by atoms with Crippen molar-refractivity contribution in [2.45, 2.75) is 33.0 Å². The van der Waals surface area contributed by atoms with E-state index in [1.54, 1.807) is 24.3 Å². The third-order valence-electron chi connectivity index (χ3n) is 1.89. The fourth-order valence-corrected chi connectivity index (χ4v) is 1.27. The van der Waals surface area contributed by atoms with E-state index in [1.807, 2.05) is 20.8 Å². The first kappa shape index (κ1) is 11.7. The van der Waals surface area contributed by atoms with Crippen LogP contribution in [-0.4, -0.2) is 11.4 Å². The summed E-state index contributed by atoms with van der Waals surface area (Å²) in [5.74, 6) is -0.226. The maximum Gasteiger partial charge on any atom is 0.252 e. The molecule has 1 rings (SSSR count). The number of nitrogens with one attached hydrogen (secondary N) is 1. The quantitative estimate of drug-likeness (QED) is 0.797. The molecule has 0 aliphatic rings. The number of amides is 1. The second-order valence-corrected chi connectivity index (χ2v) is 4.49. The molecule has 0 radical (unpaired) electrons. The highest BCUT2D eigenvalue weighted by Gasteiger charge is 2.17. The summed E-state index contributed by atoms with van der Waals surface area (Å²) in [7, 11) is 0. The summed E-state index contributed by atoms with van der Waals surface area (Å²) < 4.78 is 12.6. The van der Waals surface area contributed by atoms with E-state index < -0.39 is 6.67 Å². The molecule has 3 heteroatoms. The SMILES string of the molecule is CC(C)(C)NC(=O)c1ccccc1CF. The highest BCUT2D eigenvalue weighted by Crippen LogP contribution is 2.11. The molecule has 0 aliphatic carbocycles. The van der Waals surface area contributed by atoms with Gasteiger partial charge in [0.1, 0.15) is 6.67 Å². The molecule has 0 fully saturated rings. The Bertz CT molecular complexity index is 355. The van der Waals surface area contributed by atoms with Crippen molar-refractivity contribution in [3.8, 4) is 0 Å². The number of carbonyl (C=O) groups is 1. The van der Waals surface area contributed by atoms with Crippen molar-refractivity contribution in [1.82, 2.24) is 5.32 Å². The minimum atomic E-state index is -0.617. The van der Waals surface area contributed by atoms with Crippen LogP contribution in [0, 0.1) is 0 Å². The summed E-state index contributed by atoms with van der Waals surface area (Å²) in [5, 5.41) is 2.80. The molecule has 0 spiro atoms. The predicted molar refractivity (Wildman–Crippen MR) is 58.5 cm³/mol. The van der Waals surface area contributed by atoms with E-state index >= 15 is 0 Å². The molecule has 0 aromatic heterocycles. The first-order valence-corrected chi connectivity index (χ1v) is 4.90. The third-order valence-corrected chi connectivity index (χ3v) is 1.89. The van der Waals surface area contributed by atoms with Gasteiger partial charge in [0.05, 0.1) is 0 Å². The Kier molecular flexibility index (Phi) is 3.45. The molecule has 1 aromatic carbocycles. The van der Waals surface area contributed by atoms with Gasteiger partial charge in [0.2, 0.25) is 0 Å². The average Bonchev–Trinajstić information content (AvgIpc) is 2.15. The number of rotatable bonds is 2. The van der Waals surface area contributed by atoms with Crippen LogP contribution in [0.4, 0.5) is 4.39 Å². The van der Waals surface area contributed by atoms with Crippen molar-refractivity contribution in [1.29, 1.82) is 0 Å². The van der Waals surface area contributed by atoms with Crippen LogP contribution in [0.5, 0.6) is 0 Å². The van der Waals surface area contributed by atoms with Crippen molar-refractivity contribution in [3.63, 3.8) is 0 Å². The molecule has 1 aromatic rings. The standard InChI is InChI=1S/C12H16FNO/c1-12(2,3)14-11(15)10-7-5-4-6-9(10)8-13/h4-7H,8H2,1-3H3,(H,14,15). The summed E-state index contributed by atoms with van der Waals surface area (Å²) in [6, 6.07) is 6.72. The van der Waals surface area contributed by atoms with Gasteiger partial charge in [-0.25, -0.2) is 4.39 Å². The molecular formula is C12H16FNO. The van der Waals surface area contributed by atoms with Crippen LogP contribution in [0.3, 0.4) is 0 Å². The van der Waals surface area contributed by atoms with Gasteiger partial charge in [-0.05, 0) is 32.4 Å². The smallest absolute Gasteiger partial charge is 0.252 e. The third kappa shape index (κ3) is 3.35. The van der Waals surface area contributed by atoms with Gasteiger partial charge in [-0.3, -0.25) is 4.79 Å². The molecule has 1 N–H and O–H groups in total. The molecule has 0 heterocycles. The molecule has 1 amide bonds. The second-order valence-electron chi connectivity index (χ2n) is 4.49. The van der Waals surface area contributed by atoms with Crippen LogP contribution < -0.4 is 5.32 Å². The van der Waals surface area contributed by atoms with Crippen molar-refractivity contribution in [2.75, 3.05) is 0 Å². The zero-order chi connectivity index (χ0) is 11.5.